The number of rotatable bonds is 1. The number of hydrogen-bond acceptors (Lipinski definition) is 2. The summed E-state index contributed by atoms with van der Waals surface area (Å²) in [5.41, 5.74) is 1.04. The Morgan fingerprint density at radius 3 is 2.44 bits per heavy atom. The molecular formula is C7H12O2. The van der Waals surface area contributed by atoms with E-state index in [1.54, 1.807) is 0 Å². The van der Waals surface area contributed by atoms with Crippen molar-refractivity contribution >= 4 is 0 Å². The van der Waals surface area contributed by atoms with Gasteiger partial charge in [0.2, 0.25) is 0 Å². The smallest absolute Gasteiger partial charge is 0.0915 e. The fraction of sp³-hybridized carbons (Fsp3) is 0.714. The van der Waals surface area contributed by atoms with Crippen molar-refractivity contribution in [2.24, 2.45) is 5.92 Å². The molecule has 1 aliphatic carbocycles. The van der Waals surface area contributed by atoms with Crippen molar-refractivity contribution in [2.45, 2.75) is 19.8 Å². The number of hydrogen-bond donors (Lipinski definition) is 2. The van der Waals surface area contributed by atoms with Gasteiger partial charge in [-0.05, 0) is 24.8 Å². The van der Waals surface area contributed by atoms with E-state index in [0.29, 0.717) is 12.2 Å². The molecule has 0 aromatic rings. The van der Waals surface area contributed by atoms with E-state index in [-0.39, 0.29) is 12.5 Å². The van der Waals surface area contributed by atoms with Crippen LogP contribution in [-0.2, 0) is 0 Å². The maximum Gasteiger partial charge on any atom is 0.0915 e. The lowest BCUT2D eigenvalue weighted by Gasteiger charge is -2.01. The molecule has 52 valence electrons. The van der Waals surface area contributed by atoms with Crippen molar-refractivity contribution in [2.75, 3.05) is 6.61 Å². The lowest BCUT2D eigenvalue weighted by Crippen LogP contribution is -2.00. The first-order valence-corrected chi connectivity index (χ1v) is 3.22. The molecule has 1 rings (SSSR count). The highest BCUT2D eigenvalue weighted by Crippen LogP contribution is 2.28. The van der Waals surface area contributed by atoms with Gasteiger partial charge in [-0.1, -0.05) is 0 Å². The fourth-order valence-electron chi connectivity index (χ4n) is 1.20. The van der Waals surface area contributed by atoms with Crippen molar-refractivity contribution in [1.29, 1.82) is 0 Å². The van der Waals surface area contributed by atoms with E-state index in [0.717, 1.165) is 12.0 Å². The molecule has 2 N–H and O–H groups in total. The molecule has 0 bridgehead atoms. The van der Waals surface area contributed by atoms with Crippen LogP contribution < -0.4 is 0 Å². The minimum atomic E-state index is 0.196. The SMILES string of the molecule is CC1=C(O)CC(CO)C1. The number of aliphatic hydroxyl groups is 2. The Labute approximate surface area is 54.8 Å². The van der Waals surface area contributed by atoms with E-state index in [1.807, 2.05) is 6.92 Å². The molecule has 1 aliphatic rings. The molecule has 0 saturated carbocycles. The zero-order valence-electron chi connectivity index (χ0n) is 5.59. The van der Waals surface area contributed by atoms with E-state index in [4.69, 9.17) is 10.2 Å². The van der Waals surface area contributed by atoms with Gasteiger partial charge < -0.3 is 10.2 Å². The van der Waals surface area contributed by atoms with Crippen LogP contribution in [0.25, 0.3) is 0 Å². The molecule has 0 fully saturated rings. The summed E-state index contributed by atoms with van der Waals surface area (Å²) in [7, 11) is 0. The molecule has 2 nitrogen and oxygen atoms in total. The number of allylic oxidation sites excluding steroid dienone is 2. The predicted molar refractivity (Wildman–Crippen MR) is 35.1 cm³/mol. The Hall–Kier alpha value is -0.500. The third kappa shape index (κ3) is 1.24. The highest BCUT2D eigenvalue weighted by atomic mass is 16.3. The van der Waals surface area contributed by atoms with Crippen LogP contribution in [0.1, 0.15) is 19.8 Å². The second-order valence-corrected chi connectivity index (χ2v) is 2.68. The van der Waals surface area contributed by atoms with Crippen LogP contribution in [0, 0.1) is 5.92 Å². The number of aliphatic hydroxyl groups excluding tert-OH is 2. The van der Waals surface area contributed by atoms with Crippen LogP contribution in [0.2, 0.25) is 0 Å². The van der Waals surface area contributed by atoms with Gasteiger partial charge in [0.15, 0.2) is 0 Å². The first kappa shape index (κ1) is 6.62. The monoisotopic (exact) mass is 128 g/mol. The Morgan fingerprint density at radius 2 is 2.22 bits per heavy atom. The minimum Gasteiger partial charge on any atom is -0.512 e. The van der Waals surface area contributed by atoms with Gasteiger partial charge in [-0.2, -0.15) is 0 Å². The molecular weight excluding hydrogens is 116 g/mol. The van der Waals surface area contributed by atoms with Gasteiger partial charge >= 0.3 is 0 Å². The largest absolute Gasteiger partial charge is 0.512 e. The Kier molecular flexibility index (Phi) is 1.76. The van der Waals surface area contributed by atoms with Gasteiger partial charge in [0.05, 0.1) is 5.76 Å². The van der Waals surface area contributed by atoms with Crippen LogP contribution in [0.15, 0.2) is 11.3 Å². The van der Waals surface area contributed by atoms with Gasteiger partial charge in [-0.15, -0.1) is 0 Å². The highest BCUT2D eigenvalue weighted by Gasteiger charge is 2.19. The Balaban J connectivity index is 2.48. The van der Waals surface area contributed by atoms with Crippen molar-refractivity contribution < 1.29 is 10.2 Å². The molecule has 0 spiro atoms. The summed E-state index contributed by atoms with van der Waals surface area (Å²) in [5, 5.41) is 17.7. The fourth-order valence-corrected chi connectivity index (χ4v) is 1.20. The summed E-state index contributed by atoms with van der Waals surface area (Å²) >= 11 is 0. The zero-order chi connectivity index (χ0) is 6.85. The van der Waals surface area contributed by atoms with Crippen LogP contribution in [-0.4, -0.2) is 16.8 Å². The average molecular weight is 128 g/mol. The second kappa shape index (κ2) is 2.40. The van der Waals surface area contributed by atoms with E-state index in [1.165, 1.54) is 0 Å². The van der Waals surface area contributed by atoms with Crippen molar-refractivity contribution in [3.05, 3.63) is 11.3 Å². The van der Waals surface area contributed by atoms with Gasteiger partial charge in [0, 0.05) is 13.0 Å². The lowest BCUT2D eigenvalue weighted by atomic mass is 10.1. The molecule has 9 heavy (non-hydrogen) atoms. The third-order valence-electron chi connectivity index (χ3n) is 1.83. The molecule has 0 aromatic carbocycles. The van der Waals surface area contributed by atoms with Crippen LogP contribution in [0.3, 0.4) is 0 Å². The molecule has 0 aromatic heterocycles. The van der Waals surface area contributed by atoms with Crippen molar-refractivity contribution in [1.82, 2.24) is 0 Å². The Morgan fingerprint density at radius 1 is 1.56 bits per heavy atom. The maximum atomic E-state index is 9.07. The van der Waals surface area contributed by atoms with Crippen molar-refractivity contribution in [3.8, 4) is 0 Å². The topological polar surface area (TPSA) is 40.5 Å². The molecule has 0 amide bonds. The quantitative estimate of drug-likeness (QED) is 0.557. The Bertz CT molecular complexity index is 124. The lowest BCUT2D eigenvalue weighted by molar-refractivity contribution is 0.223. The normalized spacial score (nSPS) is 27.6. The van der Waals surface area contributed by atoms with Gasteiger partial charge in [-0.25, -0.2) is 0 Å². The molecule has 2 heteroatoms. The van der Waals surface area contributed by atoms with Crippen molar-refractivity contribution in [3.63, 3.8) is 0 Å². The van der Waals surface area contributed by atoms with Crippen LogP contribution in [0.5, 0.6) is 0 Å². The highest BCUT2D eigenvalue weighted by molar-refractivity contribution is 5.12. The average Bonchev–Trinajstić information content (AvgIpc) is 2.13. The van der Waals surface area contributed by atoms with Gasteiger partial charge in [0.1, 0.15) is 0 Å². The molecule has 0 heterocycles. The van der Waals surface area contributed by atoms with Crippen LogP contribution >= 0.6 is 0 Å². The third-order valence-corrected chi connectivity index (χ3v) is 1.83. The summed E-state index contributed by atoms with van der Waals surface area (Å²) < 4.78 is 0. The summed E-state index contributed by atoms with van der Waals surface area (Å²) in [5.74, 6) is 0.763. The summed E-state index contributed by atoms with van der Waals surface area (Å²) in [6.07, 6.45) is 1.53. The van der Waals surface area contributed by atoms with E-state index in [2.05, 4.69) is 0 Å². The molecule has 0 saturated heterocycles. The van der Waals surface area contributed by atoms with E-state index < -0.39 is 0 Å². The molecule has 1 unspecified atom stereocenters. The second-order valence-electron chi connectivity index (χ2n) is 2.68. The predicted octanol–water partition coefficient (Wildman–Crippen LogP) is 1.22. The summed E-state index contributed by atoms with van der Waals surface area (Å²) in [6, 6.07) is 0. The molecule has 1 atom stereocenters. The van der Waals surface area contributed by atoms with Gasteiger partial charge in [-0.3, -0.25) is 0 Å². The van der Waals surface area contributed by atoms with Gasteiger partial charge in [0.25, 0.3) is 0 Å². The zero-order valence-corrected chi connectivity index (χ0v) is 5.59. The van der Waals surface area contributed by atoms with E-state index in [9.17, 15) is 0 Å². The van der Waals surface area contributed by atoms with E-state index >= 15 is 0 Å². The summed E-state index contributed by atoms with van der Waals surface area (Å²) in [4.78, 5) is 0. The van der Waals surface area contributed by atoms with Crippen LogP contribution in [0.4, 0.5) is 0 Å². The molecule has 0 aliphatic heterocycles. The standard InChI is InChI=1S/C7H12O2/c1-5-2-6(4-8)3-7(5)9/h6,8-9H,2-4H2,1H3. The minimum absolute atomic E-state index is 0.196. The maximum absolute atomic E-state index is 9.07. The first-order chi connectivity index (χ1) is 4.24. The first-order valence-electron chi connectivity index (χ1n) is 3.22. The summed E-state index contributed by atoms with van der Waals surface area (Å²) in [6.45, 7) is 2.10. The molecule has 0 radical (unpaired) electrons.